The summed E-state index contributed by atoms with van der Waals surface area (Å²) in [6.45, 7) is 7.66. The van der Waals surface area contributed by atoms with Gasteiger partial charge in [0.05, 0.1) is 4.90 Å². The Morgan fingerprint density at radius 2 is 1.72 bits per heavy atom. The molecule has 0 saturated heterocycles. The van der Waals surface area contributed by atoms with E-state index in [0.717, 1.165) is 12.0 Å². The van der Waals surface area contributed by atoms with Gasteiger partial charge in [-0.2, -0.15) is 8.42 Å². The zero-order chi connectivity index (χ0) is 18.4. The maximum atomic E-state index is 12.2. The molecule has 0 aromatic heterocycles. The summed E-state index contributed by atoms with van der Waals surface area (Å²) in [5.41, 5.74) is 3.42. The van der Waals surface area contributed by atoms with Crippen LogP contribution < -0.4 is 5.48 Å². The van der Waals surface area contributed by atoms with Gasteiger partial charge < -0.3 is 0 Å². The van der Waals surface area contributed by atoms with E-state index in [9.17, 15) is 13.2 Å². The third kappa shape index (κ3) is 4.78. The topological polar surface area (TPSA) is 72.5 Å². The summed E-state index contributed by atoms with van der Waals surface area (Å²) >= 11 is 0. The predicted octanol–water partition coefficient (Wildman–Crippen LogP) is 3.81. The second kappa shape index (κ2) is 8.09. The molecule has 2 aromatic rings. The van der Waals surface area contributed by atoms with Gasteiger partial charge in [0.1, 0.15) is 5.70 Å². The normalized spacial score (nSPS) is 12.4. The minimum atomic E-state index is -4.04. The largest absolute Gasteiger partial charge is 0.317 e. The van der Waals surface area contributed by atoms with Crippen LogP contribution in [-0.2, 0) is 14.4 Å². The van der Waals surface area contributed by atoms with Crippen LogP contribution in [0, 0.1) is 0 Å². The zero-order valence-corrected chi connectivity index (χ0v) is 15.0. The lowest BCUT2D eigenvalue weighted by molar-refractivity contribution is 0.0994. The van der Waals surface area contributed by atoms with Crippen LogP contribution >= 0.6 is 0 Å². The van der Waals surface area contributed by atoms with Crippen molar-refractivity contribution < 1.29 is 17.5 Å². The summed E-state index contributed by atoms with van der Waals surface area (Å²) in [5.74, 6) is -0.0954. The molecule has 0 bridgehead atoms. The van der Waals surface area contributed by atoms with Crippen LogP contribution in [0.5, 0.6) is 0 Å². The summed E-state index contributed by atoms with van der Waals surface area (Å²) in [7, 11) is -4.04. The summed E-state index contributed by atoms with van der Waals surface area (Å²) in [4.78, 5) is 12.1. The first-order valence-electron chi connectivity index (χ1n) is 7.93. The fourth-order valence-corrected chi connectivity index (χ4v) is 2.94. The van der Waals surface area contributed by atoms with E-state index >= 15 is 0 Å². The molecule has 1 N–H and O–H groups in total. The third-order valence-electron chi connectivity index (χ3n) is 3.93. The van der Waals surface area contributed by atoms with Gasteiger partial charge in [-0.1, -0.05) is 62.9 Å². The molecule has 1 atom stereocenters. The van der Waals surface area contributed by atoms with Crippen LogP contribution in [0.25, 0.3) is 0 Å². The lowest BCUT2D eigenvalue weighted by Gasteiger charge is -2.11. The van der Waals surface area contributed by atoms with E-state index in [1.807, 2.05) is 0 Å². The van der Waals surface area contributed by atoms with Crippen molar-refractivity contribution in [1.82, 2.24) is 5.48 Å². The molecular formula is C19H21NO4S. The molecule has 0 amide bonds. The molecule has 0 aliphatic heterocycles. The van der Waals surface area contributed by atoms with Crippen LogP contribution in [0.2, 0.25) is 0 Å². The van der Waals surface area contributed by atoms with Crippen LogP contribution in [0.3, 0.4) is 0 Å². The molecule has 2 aromatic carbocycles. The number of hydroxylamine groups is 1. The quantitative estimate of drug-likeness (QED) is 0.441. The van der Waals surface area contributed by atoms with Gasteiger partial charge in [0.2, 0.25) is 5.78 Å². The van der Waals surface area contributed by atoms with E-state index in [0.29, 0.717) is 11.5 Å². The number of ketones is 1. The lowest BCUT2D eigenvalue weighted by atomic mass is 9.99. The maximum Gasteiger partial charge on any atom is 0.317 e. The number of hydrogen-bond donors (Lipinski definition) is 1. The minimum absolute atomic E-state index is 0.00649. The van der Waals surface area contributed by atoms with Crippen LogP contribution in [-0.4, -0.2) is 14.2 Å². The average Bonchev–Trinajstić information content (AvgIpc) is 2.65. The van der Waals surface area contributed by atoms with Gasteiger partial charge >= 0.3 is 10.1 Å². The smallest absolute Gasteiger partial charge is 0.287 e. The van der Waals surface area contributed by atoms with Gasteiger partial charge in [0, 0.05) is 5.56 Å². The molecule has 5 nitrogen and oxygen atoms in total. The molecule has 0 fully saturated rings. The molecule has 0 saturated carbocycles. The molecule has 0 spiro atoms. The molecule has 2 rings (SSSR count). The Balaban J connectivity index is 2.04. The van der Waals surface area contributed by atoms with Gasteiger partial charge in [-0.25, -0.2) is 5.48 Å². The van der Waals surface area contributed by atoms with Gasteiger partial charge in [-0.3, -0.25) is 4.79 Å². The molecule has 0 heterocycles. The van der Waals surface area contributed by atoms with E-state index in [1.165, 1.54) is 12.1 Å². The molecule has 25 heavy (non-hydrogen) atoms. The number of hydrogen-bond acceptors (Lipinski definition) is 5. The highest BCUT2D eigenvalue weighted by molar-refractivity contribution is 7.86. The van der Waals surface area contributed by atoms with Crippen LogP contribution in [0.15, 0.2) is 71.8 Å². The van der Waals surface area contributed by atoms with E-state index in [1.54, 1.807) is 42.5 Å². The number of rotatable bonds is 8. The van der Waals surface area contributed by atoms with Crippen molar-refractivity contribution in [2.24, 2.45) is 0 Å². The Labute approximate surface area is 148 Å². The average molecular weight is 359 g/mol. The van der Waals surface area contributed by atoms with Gasteiger partial charge in [0.25, 0.3) is 0 Å². The second-order valence-corrected chi connectivity index (χ2v) is 7.24. The molecule has 6 heteroatoms. The van der Waals surface area contributed by atoms with E-state index in [-0.39, 0.29) is 10.6 Å². The Morgan fingerprint density at radius 3 is 2.28 bits per heavy atom. The molecule has 1 unspecified atom stereocenters. The van der Waals surface area contributed by atoms with Crippen molar-refractivity contribution in [2.75, 3.05) is 0 Å². The fourth-order valence-electron chi connectivity index (χ4n) is 2.16. The first-order chi connectivity index (χ1) is 11.8. The van der Waals surface area contributed by atoms with Crippen molar-refractivity contribution in [2.45, 2.75) is 31.1 Å². The number of Topliss-reactive ketones (excluding diaryl/α,β-unsaturated/α-hetero) is 1. The summed E-state index contributed by atoms with van der Waals surface area (Å²) in [6, 6.07) is 14.9. The Morgan fingerprint density at radius 1 is 1.12 bits per heavy atom. The molecular weight excluding hydrogens is 338 g/mol. The fraction of sp³-hybridized carbons (Fsp3) is 0.211. The maximum absolute atomic E-state index is 12.2. The number of nitrogens with one attached hydrogen (secondary N) is 1. The molecule has 0 aliphatic rings. The van der Waals surface area contributed by atoms with Crippen molar-refractivity contribution >= 4 is 15.9 Å². The van der Waals surface area contributed by atoms with Gasteiger partial charge in [-0.05, 0) is 30.0 Å². The number of carbonyl (C=O) groups excluding carboxylic acids is 1. The second-order valence-electron chi connectivity index (χ2n) is 5.69. The first kappa shape index (κ1) is 18.9. The highest BCUT2D eigenvalue weighted by atomic mass is 32.2. The Bertz CT molecular complexity index is 843. The van der Waals surface area contributed by atoms with E-state index in [4.69, 9.17) is 4.28 Å². The van der Waals surface area contributed by atoms with Crippen molar-refractivity contribution in [3.8, 4) is 0 Å². The number of allylic oxidation sites excluding steroid dienone is 1. The van der Waals surface area contributed by atoms with Crippen LogP contribution in [0.4, 0.5) is 0 Å². The highest BCUT2D eigenvalue weighted by Gasteiger charge is 2.18. The predicted molar refractivity (Wildman–Crippen MR) is 96.5 cm³/mol. The molecule has 132 valence electrons. The molecule has 0 aliphatic carbocycles. The summed E-state index contributed by atoms with van der Waals surface area (Å²) in [5, 5.41) is 0. The standard InChI is InChI=1S/C19H21NO4S/c1-4-14(2)16-10-12-18(13-11-16)25(22,23)24-20-15(3)19(21)17-8-6-5-7-9-17/h5-14,20H,3-4H2,1-2H3. The van der Waals surface area contributed by atoms with Gasteiger partial charge in [-0.15, -0.1) is 4.28 Å². The monoisotopic (exact) mass is 359 g/mol. The third-order valence-corrected chi connectivity index (χ3v) is 5.09. The summed E-state index contributed by atoms with van der Waals surface area (Å²) in [6.07, 6.45) is 0.964. The number of benzene rings is 2. The van der Waals surface area contributed by atoms with Crippen molar-refractivity contribution in [3.05, 3.63) is 78.0 Å². The van der Waals surface area contributed by atoms with Gasteiger partial charge in [0.15, 0.2) is 0 Å². The zero-order valence-electron chi connectivity index (χ0n) is 14.2. The highest BCUT2D eigenvalue weighted by Crippen LogP contribution is 2.21. The summed E-state index contributed by atoms with van der Waals surface area (Å²) < 4.78 is 29.2. The number of carbonyl (C=O) groups is 1. The lowest BCUT2D eigenvalue weighted by Crippen LogP contribution is -2.24. The molecule has 0 radical (unpaired) electrons. The van der Waals surface area contributed by atoms with Crippen molar-refractivity contribution in [3.63, 3.8) is 0 Å². The SMILES string of the molecule is C=C(NOS(=O)(=O)c1ccc(C(C)CC)cc1)C(=O)c1ccccc1. The van der Waals surface area contributed by atoms with E-state index in [2.05, 4.69) is 25.9 Å². The minimum Gasteiger partial charge on any atom is -0.287 e. The van der Waals surface area contributed by atoms with Crippen LogP contribution in [0.1, 0.15) is 42.1 Å². The Hall–Kier alpha value is -2.44. The van der Waals surface area contributed by atoms with Crippen molar-refractivity contribution in [1.29, 1.82) is 0 Å². The Kier molecular flexibility index (Phi) is 6.12. The van der Waals surface area contributed by atoms with E-state index < -0.39 is 15.9 Å². The first-order valence-corrected chi connectivity index (χ1v) is 9.34.